The molecule has 29 heavy (non-hydrogen) atoms. The monoisotopic (exact) mass is 425 g/mol. The molecule has 0 fully saturated rings. The van der Waals surface area contributed by atoms with Crippen LogP contribution < -0.4 is 15.4 Å². The van der Waals surface area contributed by atoms with Gasteiger partial charge in [-0.1, -0.05) is 12.1 Å². The molecule has 9 heteroatoms. The molecule has 0 aromatic heterocycles. The Balaban J connectivity index is 1.80. The number of aliphatic imine (C=N–C) groups is 1. The van der Waals surface area contributed by atoms with E-state index < -0.39 is 21.5 Å². The summed E-state index contributed by atoms with van der Waals surface area (Å²) < 4.78 is 54.4. The van der Waals surface area contributed by atoms with Crippen LogP contribution in [0.2, 0.25) is 0 Å². The van der Waals surface area contributed by atoms with Gasteiger partial charge in [-0.25, -0.2) is 17.2 Å². The van der Waals surface area contributed by atoms with Crippen LogP contribution in [0.25, 0.3) is 0 Å². The number of guanidine groups is 1. The lowest BCUT2D eigenvalue weighted by Gasteiger charge is -2.12. The smallest absolute Gasteiger partial charge is 0.191 e. The van der Waals surface area contributed by atoms with Crippen LogP contribution in [-0.4, -0.2) is 46.9 Å². The van der Waals surface area contributed by atoms with Crippen LogP contribution in [0.4, 0.5) is 8.78 Å². The average Bonchev–Trinajstić information content (AvgIpc) is 2.67. The van der Waals surface area contributed by atoms with Crippen LogP contribution in [0.15, 0.2) is 52.4 Å². The van der Waals surface area contributed by atoms with Crippen molar-refractivity contribution in [1.82, 2.24) is 10.6 Å². The zero-order valence-electron chi connectivity index (χ0n) is 16.4. The maximum Gasteiger partial charge on any atom is 0.191 e. The predicted molar refractivity (Wildman–Crippen MR) is 109 cm³/mol. The van der Waals surface area contributed by atoms with E-state index in [9.17, 15) is 17.2 Å². The molecule has 0 radical (unpaired) electrons. The second-order valence-electron chi connectivity index (χ2n) is 6.28. The van der Waals surface area contributed by atoms with Crippen molar-refractivity contribution in [2.45, 2.75) is 18.2 Å². The van der Waals surface area contributed by atoms with Gasteiger partial charge >= 0.3 is 0 Å². The fraction of sp³-hybridized carbons (Fsp3) is 0.350. The van der Waals surface area contributed by atoms with Gasteiger partial charge in [-0.05, 0) is 43.2 Å². The van der Waals surface area contributed by atoms with E-state index in [2.05, 4.69) is 15.6 Å². The standard InChI is InChI=1S/C20H25F2N3O3S/c1-3-23-20(25-12-13-28-16-6-9-18(21)19(22)14-16)24-11-10-15-4-7-17(8-5-15)29(2,26)27/h4-9,14H,3,10-13H2,1-2H3,(H2,23,24,25). The SMILES string of the molecule is CCNC(=NCCc1ccc(S(C)(=O)=O)cc1)NCCOc1ccc(F)c(F)c1. The third-order valence-corrected chi connectivity index (χ3v) is 5.05. The van der Waals surface area contributed by atoms with E-state index in [1.54, 1.807) is 24.3 Å². The summed E-state index contributed by atoms with van der Waals surface area (Å²) in [6.07, 6.45) is 1.84. The molecule has 0 bridgehead atoms. The van der Waals surface area contributed by atoms with Crippen molar-refractivity contribution in [3.05, 3.63) is 59.7 Å². The minimum absolute atomic E-state index is 0.252. The molecule has 0 aliphatic carbocycles. The summed E-state index contributed by atoms with van der Waals surface area (Å²) in [6.45, 7) is 3.81. The summed E-state index contributed by atoms with van der Waals surface area (Å²) in [7, 11) is -3.20. The van der Waals surface area contributed by atoms with E-state index in [0.717, 1.165) is 17.7 Å². The summed E-state index contributed by atoms with van der Waals surface area (Å²) in [6, 6.07) is 10.1. The van der Waals surface area contributed by atoms with Crippen molar-refractivity contribution in [3.8, 4) is 5.75 Å². The number of nitrogens with zero attached hydrogens (tertiary/aromatic N) is 1. The van der Waals surface area contributed by atoms with Crippen LogP contribution in [0.3, 0.4) is 0 Å². The minimum Gasteiger partial charge on any atom is -0.492 e. The molecule has 0 aliphatic heterocycles. The van der Waals surface area contributed by atoms with Crippen LogP contribution >= 0.6 is 0 Å². The van der Waals surface area contributed by atoms with Crippen molar-refractivity contribution in [2.24, 2.45) is 4.99 Å². The summed E-state index contributed by atoms with van der Waals surface area (Å²) in [5, 5.41) is 6.21. The van der Waals surface area contributed by atoms with Gasteiger partial charge in [0.15, 0.2) is 27.4 Å². The maximum absolute atomic E-state index is 13.1. The fourth-order valence-electron chi connectivity index (χ4n) is 2.45. The maximum atomic E-state index is 13.1. The summed E-state index contributed by atoms with van der Waals surface area (Å²) in [4.78, 5) is 4.75. The second kappa shape index (κ2) is 10.8. The number of benzene rings is 2. The first-order valence-electron chi connectivity index (χ1n) is 9.18. The molecular weight excluding hydrogens is 400 g/mol. The third-order valence-electron chi connectivity index (χ3n) is 3.92. The Kier molecular flexibility index (Phi) is 8.38. The first-order valence-corrected chi connectivity index (χ1v) is 11.1. The predicted octanol–water partition coefficient (Wildman–Crippen LogP) is 2.54. The van der Waals surface area contributed by atoms with E-state index in [4.69, 9.17) is 4.74 Å². The molecule has 0 heterocycles. The van der Waals surface area contributed by atoms with Gasteiger partial charge in [0.2, 0.25) is 0 Å². The molecule has 0 spiro atoms. The van der Waals surface area contributed by atoms with E-state index in [1.807, 2.05) is 6.92 Å². The number of rotatable bonds is 9. The van der Waals surface area contributed by atoms with Gasteiger partial charge in [-0.3, -0.25) is 4.99 Å². The Morgan fingerprint density at radius 2 is 1.79 bits per heavy atom. The molecule has 6 nitrogen and oxygen atoms in total. The number of sulfone groups is 1. The quantitative estimate of drug-likeness (QED) is 0.367. The Hall–Kier alpha value is -2.68. The van der Waals surface area contributed by atoms with E-state index in [0.29, 0.717) is 36.9 Å². The lowest BCUT2D eigenvalue weighted by atomic mass is 10.1. The first kappa shape index (κ1) is 22.6. The zero-order chi connectivity index (χ0) is 21.3. The number of nitrogens with one attached hydrogen (secondary N) is 2. The van der Waals surface area contributed by atoms with Crippen molar-refractivity contribution in [1.29, 1.82) is 0 Å². The van der Waals surface area contributed by atoms with Gasteiger partial charge in [-0.15, -0.1) is 0 Å². The van der Waals surface area contributed by atoms with Gasteiger partial charge in [0, 0.05) is 25.4 Å². The van der Waals surface area contributed by atoms with E-state index >= 15 is 0 Å². The van der Waals surface area contributed by atoms with Crippen LogP contribution in [0, 0.1) is 11.6 Å². The molecule has 158 valence electrons. The van der Waals surface area contributed by atoms with Crippen molar-refractivity contribution in [2.75, 3.05) is 32.5 Å². The molecule has 0 unspecified atom stereocenters. The zero-order valence-corrected chi connectivity index (χ0v) is 17.2. The van der Waals surface area contributed by atoms with E-state index in [1.165, 1.54) is 12.3 Å². The van der Waals surface area contributed by atoms with Gasteiger partial charge in [0.1, 0.15) is 12.4 Å². The second-order valence-corrected chi connectivity index (χ2v) is 8.29. The van der Waals surface area contributed by atoms with Crippen molar-refractivity contribution < 1.29 is 21.9 Å². The van der Waals surface area contributed by atoms with Crippen molar-refractivity contribution >= 4 is 15.8 Å². The number of halogens is 2. The highest BCUT2D eigenvalue weighted by Gasteiger charge is 2.06. The van der Waals surface area contributed by atoms with Crippen LogP contribution in [0.1, 0.15) is 12.5 Å². The van der Waals surface area contributed by atoms with Crippen LogP contribution in [-0.2, 0) is 16.3 Å². The molecule has 0 aliphatic rings. The topological polar surface area (TPSA) is 79.8 Å². The Labute approximate surface area is 169 Å². The van der Waals surface area contributed by atoms with Crippen molar-refractivity contribution in [3.63, 3.8) is 0 Å². The largest absolute Gasteiger partial charge is 0.492 e. The van der Waals surface area contributed by atoms with Crippen LogP contribution in [0.5, 0.6) is 5.75 Å². The Morgan fingerprint density at radius 3 is 2.41 bits per heavy atom. The minimum atomic E-state index is -3.20. The molecule has 2 aromatic carbocycles. The molecule has 0 atom stereocenters. The number of hydrogen-bond donors (Lipinski definition) is 2. The van der Waals surface area contributed by atoms with E-state index in [-0.39, 0.29) is 12.4 Å². The molecular formula is C20H25F2N3O3S. The molecule has 0 saturated heterocycles. The normalized spacial score (nSPS) is 11.9. The highest BCUT2D eigenvalue weighted by molar-refractivity contribution is 7.90. The number of ether oxygens (including phenoxy) is 1. The van der Waals surface area contributed by atoms with Gasteiger partial charge < -0.3 is 15.4 Å². The summed E-state index contributed by atoms with van der Waals surface area (Å²) in [5.41, 5.74) is 0.985. The molecule has 0 amide bonds. The lowest BCUT2D eigenvalue weighted by molar-refractivity contribution is 0.318. The van der Waals surface area contributed by atoms with Gasteiger partial charge in [-0.2, -0.15) is 0 Å². The number of hydrogen-bond acceptors (Lipinski definition) is 4. The Morgan fingerprint density at radius 1 is 1.07 bits per heavy atom. The first-order chi connectivity index (χ1) is 13.8. The third kappa shape index (κ3) is 7.69. The lowest BCUT2D eigenvalue weighted by Crippen LogP contribution is -2.39. The highest BCUT2D eigenvalue weighted by atomic mass is 32.2. The highest BCUT2D eigenvalue weighted by Crippen LogP contribution is 2.15. The summed E-state index contributed by atoms with van der Waals surface area (Å²) >= 11 is 0. The van der Waals surface area contributed by atoms with Gasteiger partial charge in [0.05, 0.1) is 11.4 Å². The molecule has 2 aromatic rings. The fourth-order valence-corrected chi connectivity index (χ4v) is 3.08. The molecule has 2 rings (SSSR count). The average molecular weight is 426 g/mol. The molecule has 0 saturated carbocycles. The Bertz CT molecular complexity index is 932. The molecule has 2 N–H and O–H groups in total. The summed E-state index contributed by atoms with van der Waals surface area (Å²) in [5.74, 6) is -1.00. The van der Waals surface area contributed by atoms with Gasteiger partial charge in [0.25, 0.3) is 0 Å².